The first-order valence-corrected chi connectivity index (χ1v) is 15.1. The van der Waals surface area contributed by atoms with Gasteiger partial charge in [0.15, 0.2) is 0 Å². The molecule has 2 fully saturated rings. The second-order valence-corrected chi connectivity index (χ2v) is 10.5. The predicted molar refractivity (Wildman–Crippen MR) is 169 cm³/mol. The Morgan fingerprint density at radius 2 is 1.33 bits per heavy atom. The van der Waals surface area contributed by atoms with Crippen LogP contribution in [0.25, 0.3) is 0 Å². The average Bonchev–Trinajstić information content (AvgIpc) is 2.88. The highest BCUT2D eigenvalue weighted by Gasteiger charge is 2.25. The number of rotatable bonds is 8. The van der Waals surface area contributed by atoms with Crippen molar-refractivity contribution in [1.29, 1.82) is 0 Å². The summed E-state index contributed by atoms with van der Waals surface area (Å²) in [6.45, 7) is 32.7. The smallest absolute Gasteiger partial charge is 0.0700 e. The standard InChI is InChI=1S/C18H32.C13H19N.2C2H6/c1-4-16-9-11-18(12-10-16)15(3)13-17-7-5-14(2)6-8-17;1-7-9-13(14-11(5)6)12(8-2)10(3)4;2*1-2/h14,16-18H,3-13H2,1-2H3;7-9H,2,5H2,1,3-4,6H3;2*1-2H3/b;9-7-,14-13?;;. The van der Waals surface area contributed by atoms with Crippen LogP contribution in [-0.4, -0.2) is 5.71 Å². The topological polar surface area (TPSA) is 12.4 Å². The van der Waals surface area contributed by atoms with Gasteiger partial charge in [0.2, 0.25) is 0 Å². The van der Waals surface area contributed by atoms with Gasteiger partial charge in [-0.05, 0) is 108 Å². The Labute approximate surface area is 228 Å². The van der Waals surface area contributed by atoms with Crippen molar-refractivity contribution in [3.05, 3.63) is 60.4 Å². The molecule has 1 heteroatoms. The second kappa shape index (κ2) is 22.6. The fourth-order valence-corrected chi connectivity index (χ4v) is 5.17. The van der Waals surface area contributed by atoms with Gasteiger partial charge in [-0.25, -0.2) is 0 Å². The van der Waals surface area contributed by atoms with Crippen molar-refractivity contribution in [3.63, 3.8) is 0 Å². The van der Waals surface area contributed by atoms with Crippen LogP contribution >= 0.6 is 0 Å². The summed E-state index contributed by atoms with van der Waals surface area (Å²) in [6, 6.07) is 0. The van der Waals surface area contributed by atoms with Gasteiger partial charge in [0, 0.05) is 5.70 Å². The van der Waals surface area contributed by atoms with Crippen molar-refractivity contribution in [3.8, 4) is 0 Å². The van der Waals surface area contributed by atoms with Crippen LogP contribution in [0.1, 0.15) is 133 Å². The Morgan fingerprint density at radius 3 is 1.72 bits per heavy atom. The maximum atomic E-state index is 4.44. The minimum Gasteiger partial charge on any atom is -0.254 e. The Kier molecular flexibility index (Phi) is 22.9. The van der Waals surface area contributed by atoms with Crippen molar-refractivity contribution < 1.29 is 0 Å². The Morgan fingerprint density at radius 1 is 0.833 bits per heavy atom. The number of hydrogen-bond acceptors (Lipinski definition) is 1. The molecule has 0 saturated heterocycles. The zero-order chi connectivity index (χ0) is 28.1. The molecule has 2 aliphatic rings. The summed E-state index contributed by atoms with van der Waals surface area (Å²) in [5, 5.41) is 0. The number of aliphatic imine (C=N–C) groups is 1. The Balaban J connectivity index is 0. The molecule has 0 atom stereocenters. The summed E-state index contributed by atoms with van der Waals surface area (Å²) < 4.78 is 0. The minimum atomic E-state index is 0.804. The summed E-state index contributed by atoms with van der Waals surface area (Å²) in [6.07, 6.45) is 20.1. The van der Waals surface area contributed by atoms with Gasteiger partial charge in [-0.2, -0.15) is 0 Å². The Bertz CT molecular complexity index is 682. The molecule has 0 spiro atoms. The summed E-state index contributed by atoms with van der Waals surface area (Å²) in [5.74, 6) is 3.84. The van der Waals surface area contributed by atoms with E-state index >= 15 is 0 Å². The Hall–Kier alpha value is -1.63. The molecule has 0 bridgehead atoms. The molecule has 0 amide bonds. The molecule has 2 saturated carbocycles. The summed E-state index contributed by atoms with van der Waals surface area (Å²) in [5.41, 5.74) is 5.61. The first-order chi connectivity index (χ1) is 17.2. The molecular formula is C35H63N. The van der Waals surface area contributed by atoms with Crippen LogP contribution in [0.15, 0.2) is 65.4 Å². The highest BCUT2D eigenvalue weighted by Crippen LogP contribution is 2.39. The van der Waals surface area contributed by atoms with E-state index < -0.39 is 0 Å². The lowest BCUT2D eigenvalue weighted by Gasteiger charge is -2.32. The zero-order valence-corrected chi connectivity index (χ0v) is 26.2. The predicted octanol–water partition coefficient (Wildman–Crippen LogP) is 12.1. The molecule has 208 valence electrons. The van der Waals surface area contributed by atoms with E-state index in [1.807, 2.05) is 59.8 Å². The van der Waals surface area contributed by atoms with Gasteiger partial charge in [0.25, 0.3) is 0 Å². The molecule has 0 aromatic carbocycles. The molecule has 0 unspecified atom stereocenters. The van der Waals surface area contributed by atoms with Crippen LogP contribution in [0.3, 0.4) is 0 Å². The number of hydrogen-bond donors (Lipinski definition) is 0. The van der Waals surface area contributed by atoms with E-state index in [-0.39, 0.29) is 0 Å². The molecule has 0 aliphatic heterocycles. The van der Waals surface area contributed by atoms with E-state index in [1.165, 1.54) is 69.8 Å². The van der Waals surface area contributed by atoms with Crippen LogP contribution in [-0.2, 0) is 0 Å². The zero-order valence-electron chi connectivity index (χ0n) is 26.2. The van der Waals surface area contributed by atoms with Crippen molar-refractivity contribution in [1.82, 2.24) is 0 Å². The highest BCUT2D eigenvalue weighted by atomic mass is 14.7. The third-order valence-electron chi connectivity index (χ3n) is 7.34. The molecule has 0 heterocycles. The van der Waals surface area contributed by atoms with Crippen LogP contribution in [0, 0.1) is 23.7 Å². The summed E-state index contributed by atoms with van der Waals surface area (Å²) in [7, 11) is 0. The van der Waals surface area contributed by atoms with Gasteiger partial charge < -0.3 is 0 Å². The van der Waals surface area contributed by atoms with Crippen LogP contribution in [0.5, 0.6) is 0 Å². The summed E-state index contributed by atoms with van der Waals surface area (Å²) >= 11 is 0. The van der Waals surface area contributed by atoms with E-state index in [2.05, 4.69) is 52.4 Å². The monoisotopic (exact) mass is 497 g/mol. The van der Waals surface area contributed by atoms with Crippen LogP contribution < -0.4 is 0 Å². The third-order valence-corrected chi connectivity index (χ3v) is 7.34. The van der Waals surface area contributed by atoms with Crippen molar-refractivity contribution >= 4 is 5.71 Å². The molecule has 0 aromatic heterocycles. The van der Waals surface area contributed by atoms with E-state index in [0.717, 1.165) is 40.7 Å². The maximum absolute atomic E-state index is 4.44. The average molecular weight is 498 g/mol. The number of allylic oxidation sites excluding steroid dienone is 7. The fraction of sp³-hybridized carbons (Fsp3) is 0.686. The second-order valence-electron chi connectivity index (χ2n) is 10.5. The largest absolute Gasteiger partial charge is 0.254 e. The number of nitrogens with zero attached hydrogens (tertiary/aromatic N) is 1. The maximum Gasteiger partial charge on any atom is 0.0700 e. The quantitative estimate of drug-likeness (QED) is 0.179. The van der Waals surface area contributed by atoms with Gasteiger partial charge in [0.1, 0.15) is 0 Å². The molecule has 2 rings (SSSR count). The first kappa shape index (κ1) is 36.5. The highest BCUT2D eigenvalue weighted by molar-refractivity contribution is 6.11. The molecule has 0 aromatic rings. The fourth-order valence-electron chi connectivity index (χ4n) is 5.17. The molecular weight excluding hydrogens is 434 g/mol. The van der Waals surface area contributed by atoms with E-state index in [9.17, 15) is 0 Å². The minimum absolute atomic E-state index is 0.804. The lowest BCUT2D eigenvalue weighted by molar-refractivity contribution is 0.260. The van der Waals surface area contributed by atoms with E-state index in [4.69, 9.17) is 0 Å². The lowest BCUT2D eigenvalue weighted by atomic mass is 9.73. The van der Waals surface area contributed by atoms with Crippen molar-refractivity contribution in [2.24, 2.45) is 28.7 Å². The van der Waals surface area contributed by atoms with Crippen LogP contribution in [0.4, 0.5) is 0 Å². The SMILES string of the molecule is C=C(CC1CCC(C)CC1)C1CCC(CC)CC1.C=CC(C(/C=C\C)=NC(=C)C)=C(C)C.CC.CC. The third kappa shape index (κ3) is 15.5. The van der Waals surface area contributed by atoms with Gasteiger partial charge >= 0.3 is 0 Å². The van der Waals surface area contributed by atoms with Crippen molar-refractivity contribution in [2.75, 3.05) is 0 Å². The summed E-state index contributed by atoms with van der Waals surface area (Å²) in [4.78, 5) is 4.37. The van der Waals surface area contributed by atoms with Gasteiger partial charge in [-0.3, -0.25) is 4.99 Å². The molecule has 0 radical (unpaired) electrons. The van der Waals surface area contributed by atoms with Crippen molar-refractivity contribution in [2.45, 2.75) is 133 Å². The normalized spacial score (nSPS) is 23.6. The van der Waals surface area contributed by atoms with Gasteiger partial charge in [0.05, 0.1) is 5.71 Å². The lowest BCUT2D eigenvalue weighted by Crippen LogP contribution is -2.18. The van der Waals surface area contributed by atoms with Crippen LogP contribution in [0.2, 0.25) is 0 Å². The molecule has 0 N–H and O–H groups in total. The molecule has 2 aliphatic carbocycles. The van der Waals surface area contributed by atoms with E-state index in [0.29, 0.717) is 0 Å². The van der Waals surface area contributed by atoms with Gasteiger partial charge in [-0.1, -0.05) is 104 Å². The molecule has 36 heavy (non-hydrogen) atoms. The van der Waals surface area contributed by atoms with E-state index in [1.54, 1.807) is 5.57 Å². The first-order valence-electron chi connectivity index (χ1n) is 15.1. The van der Waals surface area contributed by atoms with Gasteiger partial charge in [-0.15, -0.1) is 0 Å². The molecule has 1 nitrogen and oxygen atoms in total.